The molecule has 1 aromatic rings. The molecule has 0 saturated carbocycles. The summed E-state index contributed by atoms with van der Waals surface area (Å²) in [7, 11) is -3.66. The maximum absolute atomic E-state index is 11.6. The van der Waals surface area contributed by atoms with Gasteiger partial charge in [-0.1, -0.05) is 0 Å². The summed E-state index contributed by atoms with van der Waals surface area (Å²) in [4.78, 5) is 11.0. The van der Waals surface area contributed by atoms with Crippen molar-refractivity contribution in [2.24, 2.45) is 10.1 Å². The first-order chi connectivity index (χ1) is 7.40. The van der Waals surface area contributed by atoms with Crippen LogP contribution in [0.2, 0.25) is 0 Å². The Kier molecular flexibility index (Phi) is 2.20. The summed E-state index contributed by atoms with van der Waals surface area (Å²) in [5.41, 5.74) is 5.67. The first kappa shape index (κ1) is 10.6. The lowest BCUT2D eigenvalue weighted by Crippen LogP contribution is -2.20. The van der Waals surface area contributed by atoms with Crippen LogP contribution < -0.4 is 11.1 Å². The van der Waals surface area contributed by atoms with Gasteiger partial charge in [0.2, 0.25) is 5.91 Å². The Balaban J connectivity index is 2.65. The Morgan fingerprint density at radius 1 is 1.44 bits per heavy atom. The average molecular weight is 239 g/mol. The summed E-state index contributed by atoms with van der Waals surface area (Å²) in [6.45, 7) is 1.53. The number of benzene rings is 1. The van der Waals surface area contributed by atoms with Gasteiger partial charge in [-0.2, -0.15) is 8.42 Å². The zero-order valence-corrected chi connectivity index (χ0v) is 9.21. The summed E-state index contributed by atoms with van der Waals surface area (Å²) in [6, 6.07) is 4.07. The monoisotopic (exact) mass is 239 g/mol. The largest absolute Gasteiger partial charge is 0.366 e. The Morgan fingerprint density at radius 3 is 2.75 bits per heavy atom. The summed E-state index contributed by atoms with van der Waals surface area (Å²) in [5.74, 6) is -0.351. The van der Waals surface area contributed by atoms with Crippen molar-refractivity contribution in [1.82, 2.24) is 0 Å². The maximum atomic E-state index is 11.6. The molecule has 84 valence electrons. The van der Waals surface area contributed by atoms with Crippen LogP contribution in [0.15, 0.2) is 27.5 Å². The first-order valence-electron chi connectivity index (χ1n) is 4.42. The van der Waals surface area contributed by atoms with Gasteiger partial charge in [0.15, 0.2) is 0 Å². The Bertz CT molecular complexity index is 604. The third kappa shape index (κ3) is 1.65. The van der Waals surface area contributed by atoms with E-state index in [1.807, 2.05) is 0 Å². The second-order valence-corrected chi connectivity index (χ2v) is 4.92. The number of nitrogens with one attached hydrogen (secondary N) is 1. The molecule has 1 heterocycles. The van der Waals surface area contributed by atoms with Crippen LogP contribution in [0, 0.1) is 0 Å². The zero-order chi connectivity index (χ0) is 11.9. The SMILES string of the molecule is CC1=NS(=O)(=O)c2ccc(C(N)=O)cc2N1. The van der Waals surface area contributed by atoms with Gasteiger partial charge in [-0.15, -0.1) is 4.40 Å². The smallest absolute Gasteiger partial charge is 0.286 e. The Morgan fingerprint density at radius 2 is 2.12 bits per heavy atom. The van der Waals surface area contributed by atoms with Gasteiger partial charge in [-0.05, 0) is 25.1 Å². The number of primary amides is 1. The fourth-order valence-corrected chi connectivity index (χ4v) is 2.59. The van der Waals surface area contributed by atoms with Gasteiger partial charge in [0, 0.05) is 5.56 Å². The molecule has 16 heavy (non-hydrogen) atoms. The maximum Gasteiger partial charge on any atom is 0.286 e. The van der Waals surface area contributed by atoms with Crippen molar-refractivity contribution in [2.45, 2.75) is 11.8 Å². The van der Waals surface area contributed by atoms with E-state index >= 15 is 0 Å². The van der Waals surface area contributed by atoms with E-state index in [0.29, 0.717) is 5.69 Å². The van der Waals surface area contributed by atoms with E-state index < -0.39 is 15.9 Å². The van der Waals surface area contributed by atoms with Crippen molar-refractivity contribution >= 4 is 27.5 Å². The number of hydrogen-bond acceptors (Lipinski definition) is 4. The van der Waals surface area contributed by atoms with Crippen LogP contribution in [0.3, 0.4) is 0 Å². The highest BCUT2D eigenvalue weighted by Gasteiger charge is 2.23. The van der Waals surface area contributed by atoms with Crippen molar-refractivity contribution in [2.75, 3.05) is 5.32 Å². The van der Waals surface area contributed by atoms with Crippen molar-refractivity contribution in [3.8, 4) is 0 Å². The van der Waals surface area contributed by atoms with Crippen LogP contribution >= 0.6 is 0 Å². The molecular weight excluding hydrogens is 230 g/mol. The molecule has 0 aromatic heterocycles. The molecule has 0 saturated heterocycles. The van der Waals surface area contributed by atoms with Gasteiger partial charge < -0.3 is 11.1 Å². The second kappa shape index (κ2) is 3.31. The van der Waals surface area contributed by atoms with E-state index in [-0.39, 0.29) is 16.3 Å². The van der Waals surface area contributed by atoms with Crippen LogP contribution in [0.1, 0.15) is 17.3 Å². The molecular formula is C9H9N3O3S. The van der Waals surface area contributed by atoms with E-state index in [1.54, 1.807) is 0 Å². The van der Waals surface area contributed by atoms with Crippen molar-refractivity contribution in [3.63, 3.8) is 0 Å². The number of carbonyl (C=O) groups excluding carboxylic acids is 1. The molecule has 2 rings (SSSR count). The minimum Gasteiger partial charge on any atom is -0.366 e. The number of rotatable bonds is 1. The Labute approximate surface area is 92.2 Å². The minimum absolute atomic E-state index is 0.0445. The van der Waals surface area contributed by atoms with Crippen LogP contribution in [-0.4, -0.2) is 20.2 Å². The number of carbonyl (C=O) groups is 1. The minimum atomic E-state index is -3.66. The van der Waals surface area contributed by atoms with Crippen molar-refractivity contribution in [1.29, 1.82) is 0 Å². The standard InChI is InChI=1S/C9H9N3O3S/c1-5-11-7-4-6(9(10)13)2-3-8(7)16(14,15)12-5/h2-4H,1H3,(H2,10,13)(H,11,12). The molecule has 1 aliphatic rings. The lowest BCUT2D eigenvalue weighted by molar-refractivity contribution is 0.1000. The second-order valence-electron chi connectivity index (χ2n) is 3.35. The normalized spacial score (nSPS) is 16.9. The predicted molar refractivity (Wildman–Crippen MR) is 58.9 cm³/mol. The molecule has 1 aromatic carbocycles. The molecule has 0 radical (unpaired) electrons. The number of hydrogen-bond donors (Lipinski definition) is 2. The van der Waals surface area contributed by atoms with Crippen LogP contribution in [0.5, 0.6) is 0 Å². The Hall–Kier alpha value is -1.89. The van der Waals surface area contributed by atoms with Crippen LogP contribution in [0.4, 0.5) is 5.69 Å². The van der Waals surface area contributed by atoms with E-state index in [2.05, 4.69) is 9.71 Å². The molecule has 0 spiro atoms. The van der Waals surface area contributed by atoms with Gasteiger partial charge in [0.1, 0.15) is 10.7 Å². The van der Waals surface area contributed by atoms with E-state index in [9.17, 15) is 13.2 Å². The number of nitrogens with zero attached hydrogens (tertiary/aromatic N) is 1. The number of anilines is 1. The topological polar surface area (TPSA) is 102 Å². The lowest BCUT2D eigenvalue weighted by atomic mass is 10.2. The highest BCUT2D eigenvalue weighted by atomic mass is 32.2. The van der Waals surface area contributed by atoms with Crippen molar-refractivity contribution < 1.29 is 13.2 Å². The number of amidine groups is 1. The zero-order valence-electron chi connectivity index (χ0n) is 8.39. The van der Waals surface area contributed by atoms with Crippen molar-refractivity contribution in [3.05, 3.63) is 23.8 Å². The molecule has 0 bridgehead atoms. The summed E-state index contributed by atoms with van der Waals surface area (Å²) in [6.07, 6.45) is 0. The molecule has 0 aliphatic carbocycles. The summed E-state index contributed by atoms with van der Waals surface area (Å²) < 4.78 is 26.7. The highest BCUT2D eigenvalue weighted by Crippen LogP contribution is 2.27. The fraction of sp³-hybridized carbons (Fsp3) is 0.111. The van der Waals surface area contributed by atoms with Crippen LogP contribution in [0.25, 0.3) is 0 Å². The molecule has 3 N–H and O–H groups in total. The molecule has 0 fully saturated rings. The van der Waals surface area contributed by atoms with Gasteiger partial charge in [0.05, 0.1) is 5.69 Å². The van der Waals surface area contributed by atoms with Gasteiger partial charge >= 0.3 is 0 Å². The molecule has 0 atom stereocenters. The molecule has 6 nitrogen and oxygen atoms in total. The molecule has 7 heteroatoms. The fourth-order valence-electron chi connectivity index (χ4n) is 1.45. The van der Waals surface area contributed by atoms with Gasteiger partial charge in [-0.3, -0.25) is 4.79 Å². The lowest BCUT2D eigenvalue weighted by Gasteiger charge is -2.16. The number of amides is 1. The summed E-state index contributed by atoms with van der Waals surface area (Å²) >= 11 is 0. The molecule has 1 aliphatic heterocycles. The van der Waals surface area contributed by atoms with E-state index in [0.717, 1.165) is 0 Å². The summed E-state index contributed by atoms with van der Waals surface area (Å²) in [5, 5.41) is 2.77. The van der Waals surface area contributed by atoms with Crippen LogP contribution in [-0.2, 0) is 10.0 Å². The first-order valence-corrected chi connectivity index (χ1v) is 5.86. The number of sulfonamides is 1. The molecule has 0 unspecified atom stereocenters. The predicted octanol–water partition coefficient (Wildman–Crippen LogP) is 0.318. The number of fused-ring (bicyclic) bond motifs is 1. The third-order valence-electron chi connectivity index (χ3n) is 2.11. The highest BCUT2D eigenvalue weighted by molar-refractivity contribution is 7.90. The molecule has 1 amide bonds. The van der Waals surface area contributed by atoms with Gasteiger partial charge in [-0.25, -0.2) is 0 Å². The quantitative estimate of drug-likeness (QED) is 0.736. The van der Waals surface area contributed by atoms with E-state index in [1.165, 1.54) is 25.1 Å². The van der Waals surface area contributed by atoms with E-state index in [4.69, 9.17) is 5.73 Å². The number of nitrogens with two attached hydrogens (primary N) is 1. The van der Waals surface area contributed by atoms with Gasteiger partial charge in [0.25, 0.3) is 10.0 Å². The average Bonchev–Trinajstić information content (AvgIpc) is 2.14. The third-order valence-corrected chi connectivity index (χ3v) is 3.54.